The maximum atomic E-state index is 12.8. The Bertz CT molecular complexity index is 1110. The first-order chi connectivity index (χ1) is 13.5. The van der Waals surface area contributed by atoms with Crippen LogP contribution in [0.1, 0.15) is 34.8 Å². The maximum absolute atomic E-state index is 12.8. The first kappa shape index (κ1) is 18.2. The average Bonchev–Trinajstić information content (AvgIpc) is 2.94. The van der Waals surface area contributed by atoms with Crippen LogP contribution >= 0.6 is 0 Å². The molecule has 0 unspecified atom stereocenters. The molecule has 0 aliphatic carbocycles. The molecule has 3 N–H and O–H groups in total. The van der Waals surface area contributed by atoms with Crippen LogP contribution in [0.5, 0.6) is 0 Å². The number of benzene rings is 1. The van der Waals surface area contributed by atoms with Crippen molar-refractivity contribution >= 4 is 28.7 Å². The number of amides is 1. The van der Waals surface area contributed by atoms with Crippen LogP contribution in [-0.2, 0) is 11.8 Å². The number of carbonyl (C=O) groups excluding carboxylic acids is 1. The molecule has 1 aliphatic rings. The number of nitrogens with zero attached hydrogens (tertiary/aromatic N) is 4. The van der Waals surface area contributed by atoms with Gasteiger partial charge in [0.25, 0.3) is 0 Å². The van der Waals surface area contributed by atoms with Crippen molar-refractivity contribution in [2.24, 2.45) is 12.8 Å². The molecule has 9 nitrogen and oxygen atoms in total. The maximum Gasteiger partial charge on any atom is 0.330 e. The van der Waals surface area contributed by atoms with Crippen molar-refractivity contribution in [1.29, 1.82) is 0 Å². The van der Waals surface area contributed by atoms with E-state index in [2.05, 4.69) is 15.3 Å². The van der Waals surface area contributed by atoms with E-state index in [-0.39, 0.29) is 11.7 Å². The zero-order valence-electron chi connectivity index (χ0n) is 15.8. The Labute approximate surface area is 161 Å². The standard InChI is InChI=1S/C19H22N6O3/c1-11-9-12(16(20)26)3-4-14(11)22-18-21-10-15-17(23-18)25(19(27)24(15)2)13-5-7-28-8-6-13/h3-4,9-10,13H,5-8H2,1-2H3,(H2,20,26)(H,21,22,23). The molecule has 4 rings (SSSR count). The molecule has 28 heavy (non-hydrogen) atoms. The zero-order chi connectivity index (χ0) is 19.8. The molecule has 1 fully saturated rings. The van der Waals surface area contributed by atoms with Crippen molar-refractivity contribution < 1.29 is 9.53 Å². The molecule has 1 amide bonds. The molecule has 0 atom stereocenters. The number of primary amides is 1. The second-order valence-electron chi connectivity index (χ2n) is 6.98. The van der Waals surface area contributed by atoms with Crippen LogP contribution in [-0.4, -0.2) is 38.2 Å². The molecule has 3 aromatic rings. The number of hydrogen-bond acceptors (Lipinski definition) is 6. The van der Waals surface area contributed by atoms with Gasteiger partial charge in [-0.25, -0.2) is 9.78 Å². The van der Waals surface area contributed by atoms with Gasteiger partial charge in [0.15, 0.2) is 5.65 Å². The predicted octanol–water partition coefficient (Wildman–Crippen LogP) is 1.63. The lowest BCUT2D eigenvalue weighted by Gasteiger charge is -2.22. The number of nitrogens with two attached hydrogens (primary N) is 1. The van der Waals surface area contributed by atoms with Gasteiger partial charge in [-0.15, -0.1) is 0 Å². The minimum atomic E-state index is -0.475. The molecule has 0 bridgehead atoms. The van der Waals surface area contributed by atoms with Gasteiger partial charge in [0.05, 0.1) is 6.20 Å². The number of imidazole rings is 1. The van der Waals surface area contributed by atoms with E-state index < -0.39 is 5.91 Å². The monoisotopic (exact) mass is 382 g/mol. The van der Waals surface area contributed by atoms with Gasteiger partial charge in [-0.1, -0.05) is 0 Å². The summed E-state index contributed by atoms with van der Waals surface area (Å²) < 4.78 is 8.74. The molecular formula is C19H22N6O3. The van der Waals surface area contributed by atoms with Crippen LogP contribution in [0.3, 0.4) is 0 Å². The minimum absolute atomic E-state index is 0.0595. The topological polar surface area (TPSA) is 117 Å². The van der Waals surface area contributed by atoms with Gasteiger partial charge in [0.1, 0.15) is 5.52 Å². The van der Waals surface area contributed by atoms with E-state index in [0.717, 1.165) is 24.1 Å². The van der Waals surface area contributed by atoms with Crippen LogP contribution in [0.25, 0.3) is 11.2 Å². The van der Waals surface area contributed by atoms with E-state index in [1.807, 2.05) is 6.92 Å². The Kier molecular flexibility index (Phi) is 4.60. The fourth-order valence-corrected chi connectivity index (χ4v) is 3.55. The Morgan fingerprint density at radius 2 is 2.07 bits per heavy atom. The summed E-state index contributed by atoms with van der Waals surface area (Å²) in [5, 5.41) is 3.17. The van der Waals surface area contributed by atoms with Gasteiger partial charge < -0.3 is 15.8 Å². The summed E-state index contributed by atoms with van der Waals surface area (Å²) >= 11 is 0. The number of nitrogens with one attached hydrogen (secondary N) is 1. The first-order valence-electron chi connectivity index (χ1n) is 9.15. The third-order valence-electron chi connectivity index (χ3n) is 5.15. The highest BCUT2D eigenvalue weighted by molar-refractivity contribution is 5.93. The first-order valence-corrected chi connectivity index (χ1v) is 9.15. The van der Waals surface area contributed by atoms with Crippen LogP contribution < -0.4 is 16.7 Å². The number of aryl methyl sites for hydroxylation is 2. The summed E-state index contributed by atoms with van der Waals surface area (Å²) in [6.07, 6.45) is 3.20. The van der Waals surface area contributed by atoms with Crippen LogP contribution in [0, 0.1) is 6.92 Å². The summed E-state index contributed by atoms with van der Waals surface area (Å²) in [6, 6.07) is 5.18. The number of rotatable bonds is 4. The summed E-state index contributed by atoms with van der Waals surface area (Å²) in [5.74, 6) is -0.0917. The largest absolute Gasteiger partial charge is 0.381 e. The normalized spacial score (nSPS) is 15.1. The summed E-state index contributed by atoms with van der Waals surface area (Å²) in [6.45, 7) is 3.14. The molecule has 0 radical (unpaired) electrons. The van der Waals surface area contributed by atoms with Gasteiger partial charge >= 0.3 is 5.69 Å². The smallest absolute Gasteiger partial charge is 0.330 e. The Morgan fingerprint density at radius 3 is 2.75 bits per heavy atom. The van der Waals surface area contributed by atoms with Crippen molar-refractivity contribution in [2.75, 3.05) is 18.5 Å². The van der Waals surface area contributed by atoms with Gasteiger partial charge in [-0.3, -0.25) is 13.9 Å². The van der Waals surface area contributed by atoms with Gasteiger partial charge in [0, 0.05) is 37.6 Å². The molecule has 0 spiro atoms. The lowest BCUT2D eigenvalue weighted by molar-refractivity contribution is 0.0695. The lowest BCUT2D eigenvalue weighted by atomic mass is 10.1. The third-order valence-corrected chi connectivity index (χ3v) is 5.15. The number of hydrogen-bond donors (Lipinski definition) is 2. The molecule has 1 aromatic carbocycles. The van der Waals surface area contributed by atoms with Crippen molar-refractivity contribution in [3.05, 3.63) is 46.0 Å². The van der Waals surface area contributed by atoms with E-state index in [9.17, 15) is 9.59 Å². The highest BCUT2D eigenvalue weighted by Crippen LogP contribution is 2.25. The van der Waals surface area contributed by atoms with Crippen molar-refractivity contribution in [3.8, 4) is 0 Å². The number of carbonyl (C=O) groups is 1. The molecule has 2 aromatic heterocycles. The van der Waals surface area contributed by atoms with Crippen molar-refractivity contribution in [3.63, 3.8) is 0 Å². The van der Waals surface area contributed by atoms with Crippen molar-refractivity contribution in [2.45, 2.75) is 25.8 Å². The number of anilines is 2. The summed E-state index contributed by atoms with van der Waals surface area (Å²) in [5.41, 5.74) is 8.55. The summed E-state index contributed by atoms with van der Waals surface area (Å²) in [4.78, 5) is 33.1. The number of aromatic nitrogens is 4. The quantitative estimate of drug-likeness (QED) is 0.708. The Balaban J connectivity index is 1.73. The highest BCUT2D eigenvalue weighted by Gasteiger charge is 2.23. The van der Waals surface area contributed by atoms with Gasteiger partial charge in [-0.2, -0.15) is 4.98 Å². The van der Waals surface area contributed by atoms with Crippen LogP contribution in [0.4, 0.5) is 11.6 Å². The predicted molar refractivity (Wildman–Crippen MR) is 105 cm³/mol. The molecule has 1 saturated heterocycles. The average molecular weight is 382 g/mol. The fourth-order valence-electron chi connectivity index (χ4n) is 3.55. The second-order valence-corrected chi connectivity index (χ2v) is 6.98. The van der Waals surface area contributed by atoms with Gasteiger partial charge in [-0.05, 0) is 43.5 Å². The summed E-state index contributed by atoms with van der Waals surface area (Å²) in [7, 11) is 1.73. The van der Waals surface area contributed by atoms with Crippen LogP contribution in [0.2, 0.25) is 0 Å². The molecule has 9 heteroatoms. The Hall–Kier alpha value is -3.20. The van der Waals surface area contributed by atoms with E-state index >= 15 is 0 Å². The molecule has 1 aliphatic heterocycles. The fraction of sp³-hybridized carbons (Fsp3) is 0.368. The number of ether oxygens (including phenoxy) is 1. The molecular weight excluding hydrogens is 360 g/mol. The number of fused-ring (bicyclic) bond motifs is 1. The van der Waals surface area contributed by atoms with E-state index in [4.69, 9.17) is 10.5 Å². The van der Waals surface area contributed by atoms with E-state index in [1.54, 1.807) is 40.6 Å². The highest BCUT2D eigenvalue weighted by atomic mass is 16.5. The second kappa shape index (κ2) is 7.08. The third kappa shape index (κ3) is 3.13. The lowest BCUT2D eigenvalue weighted by Crippen LogP contribution is -2.30. The van der Waals surface area contributed by atoms with E-state index in [0.29, 0.717) is 35.9 Å². The molecule has 146 valence electrons. The van der Waals surface area contributed by atoms with Crippen molar-refractivity contribution in [1.82, 2.24) is 19.1 Å². The van der Waals surface area contributed by atoms with Gasteiger partial charge in [0.2, 0.25) is 11.9 Å². The van der Waals surface area contributed by atoms with Crippen LogP contribution in [0.15, 0.2) is 29.2 Å². The Morgan fingerprint density at radius 1 is 1.32 bits per heavy atom. The molecule has 3 heterocycles. The zero-order valence-corrected chi connectivity index (χ0v) is 15.8. The minimum Gasteiger partial charge on any atom is -0.381 e. The van der Waals surface area contributed by atoms with E-state index in [1.165, 1.54) is 0 Å². The SMILES string of the molecule is Cc1cc(C(N)=O)ccc1Nc1ncc2c(n1)n(C1CCOCC1)c(=O)n2C. The molecule has 0 saturated carbocycles.